The van der Waals surface area contributed by atoms with Gasteiger partial charge in [-0.1, -0.05) is 11.8 Å². The van der Waals surface area contributed by atoms with Crippen LogP contribution in [0.15, 0.2) is 53.5 Å². The molecule has 1 atom stereocenters. The second kappa shape index (κ2) is 10.2. The van der Waals surface area contributed by atoms with Crippen LogP contribution in [0.3, 0.4) is 0 Å². The lowest BCUT2D eigenvalue weighted by atomic mass is 10.2. The average Bonchev–Trinajstić information content (AvgIpc) is 3.04. The first-order valence-electron chi connectivity index (χ1n) is 9.77. The van der Waals surface area contributed by atoms with Gasteiger partial charge in [0, 0.05) is 18.7 Å². The minimum Gasteiger partial charge on any atom is -0.497 e. The number of amides is 2. The molecule has 158 valence electrons. The molecule has 1 fully saturated rings. The molecule has 0 aliphatic carbocycles. The lowest BCUT2D eigenvalue weighted by Gasteiger charge is -2.13. The predicted octanol–water partition coefficient (Wildman–Crippen LogP) is 4.07. The molecule has 8 heteroatoms. The summed E-state index contributed by atoms with van der Waals surface area (Å²) in [6.07, 6.45) is 0.0782. The van der Waals surface area contributed by atoms with Crippen LogP contribution in [0.4, 0.5) is 11.4 Å². The number of benzene rings is 2. The molecule has 3 rings (SSSR count). The molecule has 1 heterocycles. The smallest absolute Gasteiger partial charge is 0.242 e. The van der Waals surface area contributed by atoms with Crippen molar-refractivity contribution >= 4 is 40.1 Å². The van der Waals surface area contributed by atoms with Gasteiger partial charge in [-0.3, -0.25) is 14.5 Å². The van der Waals surface area contributed by atoms with E-state index in [0.717, 1.165) is 17.2 Å². The number of ether oxygens (including phenoxy) is 2. The highest BCUT2D eigenvalue weighted by molar-refractivity contribution is 8.15. The van der Waals surface area contributed by atoms with Crippen LogP contribution in [0.1, 0.15) is 20.3 Å². The molecule has 2 amide bonds. The zero-order chi connectivity index (χ0) is 21.5. The van der Waals surface area contributed by atoms with Crippen molar-refractivity contribution in [1.29, 1.82) is 0 Å². The first-order chi connectivity index (χ1) is 14.5. The van der Waals surface area contributed by atoms with Gasteiger partial charge < -0.3 is 14.8 Å². The summed E-state index contributed by atoms with van der Waals surface area (Å²) in [5, 5.41) is 2.94. The van der Waals surface area contributed by atoms with E-state index in [1.165, 1.54) is 11.8 Å². The predicted molar refractivity (Wildman–Crippen MR) is 120 cm³/mol. The molecule has 30 heavy (non-hydrogen) atoms. The van der Waals surface area contributed by atoms with Crippen molar-refractivity contribution in [2.75, 3.05) is 25.6 Å². The Morgan fingerprint density at radius 3 is 2.37 bits per heavy atom. The van der Waals surface area contributed by atoms with Gasteiger partial charge in [-0.15, -0.1) is 0 Å². The molecule has 1 N–H and O–H groups in total. The summed E-state index contributed by atoms with van der Waals surface area (Å²) in [5.41, 5.74) is 1.39. The Hall–Kier alpha value is -3.00. The van der Waals surface area contributed by atoms with Crippen LogP contribution in [0.25, 0.3) is 0 Å². The van der Waals surface area contributed by atoms with Crippen LogP contribution in [-0.4, -0.2) is 47.4 Å². The Labute approximate surface area is 180 Å². The minimum atomic E-state index is -0.496. The number of carbonyl (C=O) groups excluding carboxylic acids is 2. The van der Waals surface area contributed by atoms with E-state index in [-0.39, 0.29) is 18.2 Å². The summed E-state index contributed by atoms with van der Waals surface area (Å²) in [6.45, 7) is 4.89. The number of amidine groups is 1. The number of hydrogen-bond donors (Lipinski definition) is 1. The normalized spacial score (nSPS) is 17.3. The zero-order valence-electron chi connectivity index (χ0n) is 17.3. The standard InChI is InChI=1S/C22H25N3O4S/c1-4-25-21(27)19(30-22(25)24-16-6-10-17(28-3)11-7-16)14-20(26)23-15-8-12-18(13-9-15)29-5-2/h6-13,19H,4-5,14H2,1-3H3,(H,23,26). The number of anilines is 1. The largest absolute Gasteiger partial charge is 0.497 e. The third-order valence-electron chi connectivity index (χ3n) is 4.45. The number of nitrogens with zero attached hydrogens (tertiary/aromatic N) is 2. The maximum Gasteiger partial charge on any atom is 0.242 e. The number of rotatable bonds is 8. The molecule has 1 aliphatic heterocycles. The second-order valence-electron chi connectivity index (χ2n) is 6.49. The highest BCUT2D eigenvalue weighted by atomic mass is 32.2. The summed E-state index contributed by atoms with van der Waals surface area (Å²) in [7, 11) is 1.61. The molecule has 0 bridgehead atoms. The maximum atomic E-state index is 12.7. The molecule has 1 saturated heterocycles. The van der Waals surface area contributed by atoms with Gasteiger partial charge in [0.1, 0.15) is 16.7 Å². The third kappa shape index (κ3) is 5.33. The van der Waals surface area contributed by atoms with E-state index < -0.39 is 5.25 Å². The summed E-state index contributed by atoms with van der Waals surface area (Å²) in [5.74, 6) is 1.17. The Kier molecular flexibility index (Phi) is 7.35. The lowest BCUT2D eigenvalue weighted by molar-refractivity contribution is -0.128. The molecule has 0 radical (unpaired) electrons. The number of thioether (sulfide) groups is 1. The molecule has 2 aromatic rings. The zero-order valence-corrected chi connectivity index (χ0v) is 18.1. The van der Waals surface area contributed by atoms with Gasteiger partial charge in [-0.05, 0) is 62.4 Å². The van der Waals surface area contributed by atoms with E-state index in [0.29, 0.717) is 24.0 Å². The van der Waals surface area contributed by atoms with Gasteiger partial charge in [0.05, 0.1) is 19.4 Å². The molecule has 2 aromatic carbocycles. The van der Waals surface area contributed by atoms with Crippen molar-refractivity contribution in [3.05, 3.63) is 48.5 Å². The Balaban J connectivity index is 1.64. The quantitative estimate of drug-likeness (QED) is 0.687. The average molecular weight is 428 g/mol. The fourth-order valence-corrected chi connectivity index (χ4v) is 4.19. The molecule has 0 spiro atoms. The highest BCUT2D eigenvalue weighted by Crippen LogP contribution is 2.32. The summed E-state index contributed by atoms with van der Waals surface area (Å²) >= 11 is 1.32. The maximum absolute atomic E-state index is 12.7. The highest BCUT2D eigenvalue weighted by Gasteiger charge is 2.38. The van der Waals surface area contributed by atoms with Gasteiger partial charge in [0.2, 0.25) is 11.8 Å². The Morgan fingerprint density at radius 1 is 1.10 bits per heavy atom. The van der Waals surface area contributed by atoms with Crippen LogP contribution < -0.4 is 14.8 Å². The Bertz CT molecular complexity index is 913. The van der Waals surface area contributed by atoms with Gasteiger partial charge >= 0.3 is 0 Å². The van der Waals surface area contributed by atoms with E-state index in [9.17, 15) is 9.59 Å². The Morgan fingerprint density at radius 2 is 1.77 bits per heavy atom. The van der Waals surface area contributed by atoms with Gasteiger partial charge in [0.15, 0.2) is 5.17 Å². The fraction of sp³-hybridized carbons (Fsp3) is 0.318. The lowest BCUT2D eigenvalue weighted by Crippen LogP contribution is -2.33. The SMILES string of the molecule is CCOc1ccc(NC(=O)CC2SC(=Nc3ccc(OC)cc3)N(CC)C2=O)cc1. The fourth-order valence-electron chi connectivity index (χ4n) is 2.96. The molecule has 1 unspecified atom stereocenters. The second-order valence-corrected chi connectivity index (χ2v) is 7.66. The monoisotopic (exact) mass is 427 g/mol. The van der Waals surface area contributed by atoms with Crippen LogP contribution in [0.5, 0.6) is 11.5 Å². The van der Waals surface area contributed by atoms with E-state index in [4.69, 9.17) is 9.47 Å². The molecule has 0 saturated carbocycles. The van der Waals surface area contributed by atoms with Crippen LogP contribution >= 0.6 is 11.8 Å². The van der Waals surface area contributed by atoms with Crippen LogP contribution in [0, 0.1) is 0 Å². The summed E-state index contributed by atoms with van der Waals surface area (Å²) in [6, 6.07) is 14.5. The molecular weight excluding hydrogens is 402 g/mol. The summed E-state index contributed by atoms with van der Waals surface area (Å²) in [4.78, 5) is 31.4. The van der Waals surface area contributed by atoms with E-state index in [1.807, 2.05) is 38.1 Å². The first kappa shape index (κ1) is 21.7. The van der Waals surface area contributed by atoms with Crippen molar-refractivity contribution in [2.45, 2.75) is 25.5 Å². The third-order valence-corrected chi connectivity index (χ3v) is 5.63. The molecular formula is C22H25N3O4S. The van der Waals surface area contributed by atoms with E-state index >= 15 is 0 Å². The van der Waals surface area contributed by atoms with Crippen molar-refractivity contribution in [1.82, 2.24) is 4.90 Å². The van der Waals surface area contributed by atoms with Crippen LogP contribution in [0.2, 0.25) is 0 Å². The number of hydrogen-bond acceptors (Lipinski definition) is 6. The van der Waals surface area contributed by atoms with E-state index in [2.05, 4.69) is 10.3 Å². The van der Waals surface area contributed by atoms with Crippen LogP contribution in [-0.2, 0) is 9.59 Å². The topological polar surface area (TPSA) is 80.2 Å². The molecule has 7 nitrogen and oxygen atoms in total. The van der Waals surface area contributed by atoms with Gasteiger partial charge in [0.25, 0.3) is 0 Å². The number of methoxy groups -OCH3 is 1. The van der Waals surface area contributed by atoms with Gasteiger partial charge in [-0.2, -0.15) is 0 Å². The first-order valence-corrected chi connectivity index (χ1v) is 10.7. The van der Waals surface area contributed by atoms with Crippen molar-refractivity contribution < 1.29 is 19.1 Å². The summed E-state index contributed by atoms with van der Waals surface area (Å²) < 4.78 is 10.6. The molecule has 0 aromatic heterocycles. The van der Waals surface area contributed by atoms with Crippen molar-refractivity contribution in [2.24, 2.45) is 4.99 Å². The number of nitrogens with one attached hydrogen (secondary N) is 1. The number of carbonyl (C=O) groups is 2. The molecule has 1 aliphatic rings. The van der Waals surface area contributed by atoms with Gasteiger partial charge in [-0.25, -0.2) is 4.99 Å². The van der Waals surface area contributed by atoms with Crippen molar-refractivity contribution in [3.8, 4) is 11.5 Å². The van der Waals surface area contributed by atoms with Crippen molar-refractivity contribution in [3.63, 3.8) is 0 Å². The number of aliphatic imine (C=N–C) groups is 1. The minimum absolute atomic E-state index is 0.0782. The van der Waals surface area contributed by atoms with E-state index in [1.54, 1.807) is 36.3 Å².